The molecule has 0 radical (unpaired) electrons. The number of H-pyrrole nitrogens is 1. The third-order valence-electron chi connectivity index (χ3n) is 16.1. The molecule has 0 bridgehead atoms. The van der Waals surface area contributed by atoms with E-state index in [1.807, 2.05) is 88.2 Å². The van der Waals surface area contributed by atoms with Crippen molar-refractivity contribution in [1.82, 2.24) is 66.8 Å². The molecule has 1 saturated heterocycles. The van der Waals surface area contributed by atoms with Crippen LogP contribution in [0.4, 0.5) is 10.7 Å². The molecule has 1 aliphatic heterocycles. The summed E-state index contributed by atoms with van der Waals surface area (Å²) >= 11 is 1.33. The number of hydrazine groups is 1. The number of carbonyl (C=O) groups is 7. The molecule has 2 aliphatic rings. The van der Waals surface area contributed by atoms with Gasteiger partial charge in [0.15, 0.2) is 11.2 Å². The van der Waals surface area contributed by atoms with Crippen LogP contribution in [0, 0.1) is 11.8 Å². The number of nitrogens with zero attached hydrogens (tertiary/aromatic N) is 6. The number of piperidine rings is 1. The summed E-state index contributed by atoms with van der Waals surface area (Å²) in [6.45, 7) is 14.9. The number of ether oxygens (including phenoxy) is 4. The number of nitrogens with one attached hydrogen (secondary N) is 7. The first kappa shape index (κ1) is 68.7. The van der Waals surface area contributed by atoms with Crippen molar-refractivity contribution in [1.29, 1.82) is 0 Å². The molecule has 484 valence electrons. The molecule has 5 aromatic rings. The van der Waals surface area contributed by atoms with Crippen LogP contribution >= 0.6 is 11.3 Å². The molecule has 26 heteroatoms. The first-order valence-corrected chi connectivity index (χ1v) is 32.1. The van der Waals surface area contributed by atoms with Crippen molar-refractivity contribution in [2.75, 3.05) is 58.8 Å². The number of amides is 7. The number of nitrogens with two attached hydrogens (primary N) is 1. The highest BCUT2D eigenvalue weighted by Crippen LogP contribution is 2.34. The fraction of sp³-hybridized carbons (Fsp3) is 0.571. The van der Waals surface area contributed by atoms with E-state index >= 15 is 0 Å². The van der Waals surface area contributed by atoms with E-state index in [0.717, 1.165) is 60.9 Å². The van der Waals surface area contributed by atoms with E-state index < -0.39 is 42.0 Å². The summed E-state index contributed by atoms with van der Waals surface area (Å²) in [5.41, 5.74) is 15.1. The number of hydrogen-bond donors (Lipinski definition) is 8. The monoisotopic (exact) mass is 1250 g/mol. The zero-order chi connectivity index (χ0) is 63.8. The van der Waals surface area contributed by atoms with Gasteiger partial charge in [-0.2, -0.15) is 9.97 Å². The van der Waals surface area contributed by atoms with E-state index in [4.69, 9.17) is 29.7 Å². The van der Waals surface area contributed by atoms with Crippen molar-refractivity contribution in [2.24, 2.45) is 11.8 Å². The number of benzene rings is 2. The number of hydrogen-bond acceptors (Lipinski definition) is 18. The second-order valence-electron chi connectivity index (χ2n) is 23.2. The van der Waals surface area contributed by atoms with Gasteiger partial charge < -0.3 is 55.8 Å². The third-order valence-corrected chi connectivity index (χ3v) is 17.1. The highest BCUT2D eigenvalue weighted by molar-refractivity contribution is 7.09. The molecule has 3 aromatic heterocycles. The minimum Gasteiger partial charge on any atom is -0.471 e. The summed E-state index contributed by atoms with van der Waals surface area (Å²) < 4.78 is 23.0. The number of thiazole rings is 1. The fourth-order valence-corrected chi connectivity index (χ4v) is 11.9. The van der Waals surface area contributed by atoms with Crippen LogP contribution in [0.15, 0.2) is 60.2 Å². The molecule has 1 unspecified atom stereocenters. The first-order chi connectivity index (χ1) is 43.0. The van der Waals surface area contributed by atoms with Crippen molar-refractivity contribution in [3.8, 4) is 5.88 Å². The van der Waals surface area contributed by atoms with Gasteiger partial charge in [0.1, 0.15) is 36.1 Å². The Labute approximate surface area is 524 Å². The SMILES string of the molecule is CCCO[C@H](C[C@H](C(C)C)N(CCC)C(=O)[C@@H](NC(=O)[C@H]1CCCCN1C)[C@@H](C)CC)c1nc(C(=O)NC2Cc3ccccc3[C@H](C(=O)NNC(=O)OCCOCCNC(=O)CCCC(=O)NCc3ccc(COc4nc(N)nc5[nH]cnc45)cc3)C2)cs1. The summed E-state index contributed by atoms with van der Waals surface area (Å²) in [4.78, 5) is 118. The van der Waals surface area contributed by atoms with Gasteiger partial charge in [-0.05, 0) is 92.6 Å². The second-order valence-corrected chi connectivity index (χ2v) is 24.1. The predicted octanol–water partition coefficient (Wildman–Crippen LogP) is 6.31. The lowest BCUT2D eigenvalue weighted by atomic mass is 9.79. The van der Waals surface area contributed by atoms with Gasteiger partial charge >= 0.3 is 6.09 Å². The number of rotatable bonds is 33. The zero-order valence-electron chi connectivity index (χ0n) is 52.4. The smallest absolute Gasteiger partial charge is 0.426 e. The van der Waals surface area contributed by atoms with Crippen LogP contribution in [0.2, 0.25) is 0 Å². The summed E-state index contributed by atoms with van der Waals surface area (Å²) in [6.07, 6.45) is 6.86. The molecule has 1 aliphatic carbocycles. The average molecular weight is 1250 g/mol. The number of aromatic nitrogens is 5. The molecule has 1 fully saturated rings. The number of aromatic amines is 1. The van der Waals surface area contributed by atoms with Crippen molar-refractivity contribution >= 4 is 70.0 Å². The maximum atomic E-state index is 14.8. The van der Waals surface area contributed by atoms with Gasteiger partial charge in [-0.15, -0.1) is 11.3 Å². The van der Waals surface area contributed by atoms with Gasteiger partial charge in [0.2, 0.25) is 41.4 Å². The molecule has 0 spiro atoms. The Kier molecular flexibility index (Phi) is 26.9. The molecule has 25 nitrogen and oxygen atoms in total. The Morgan fingerprint density at radius 2 is 1.63 bits per heavy atom. The van der Waals surface area contributed by atoms with E-state index in [1.165, 1.54) is 17.7 Å². The van der Waals surface area contributed by atoms with Gasteiger partial charge in [-0.25, -0.2) is 20.2 Å². The quantitative estimate of drug-likeness (QED) is 0.0168. The van der Waals surface area contributed by atoms with E-state index in [1.54, 1.807) is 5.38 Å². The zero-order valence-corrected chi connectivity index (χ0v) is 53.2. The molecular formula is C63H90N14O11S. The normalized spacial score (nSPS) is 17.1. The van der Waals surface area contributed by atoms with Crippen molar-refractivity contribution in [3.05, 3.63) is 93.2 Å². The molecule has 2 aromatic carbocycles. The number of fused-ring (bicyclic) bond motifs is 2. The van der Waals surface area contributed by atoms with Gasteiger partial charge in [-0.3, -0.25) is 39.1 Å². The maximum absolute atomic E-state index is 14.8. The molecule has 0 saturated carbocycles. The van der Waals surface area contributed by atoms with Crippen molar-refractivity contribution < 1.29 is 52.5 Å². The minimum atomic E-state index is -0.901. The second kappa shape index (κ2) is 34.8. The maximum Gasteiger partial charge on any atom is 0.426 e. The molecule has 4 heterocycles. The number of anilines is 1. The summed E-state index contributed by atoms with van der Waals surface area (Å²) in [5.74, 6) is -1.96. The van der Waals surface area contributed by atoms with Gasteiger partial charge in [0.25, 0.3) is 5.91 Å². The largest absolute Gasteiger partial charge is 0.471 e. The summed E-state index contributed by atoms with van der Waals surface area (Å²) in [6, 6.07) is 13.3. The van der Waals surface area contributed by atoms with Crippen LogP contribution in [-0.4, -0.2) is 154 Å². The lowest BCUT2D eigenvalue weighted by Gasteiger charge is -2.40. The number of nitrogen functional groups attached to an aromatic ring is 1. The molecule has 7 rings (SSSR count). The Balaban J connectivity index is 0.802. The standard InChI is InChI=1S/C63H90N14O11S/c1-8-26-77(61(83)53(40(6)10-3)71-58(82)48-18-13-14-27-76(48)7)49(39(4)5)34-50(86-28-9-2)60-70-47(37-89-60)57(81)69-44-32-43-16-11-12-17-45(43)46(33-44)56(80)74-75-63(84)87-31-30-85-29-25-65-51(78)19-15-20-52(79)66-35-41-21-23-42(24-22-41)36-88-59-54-55(68-38-67-54)72-62(64)73-59/h11-12,16-17,21-24,37-40,44,46,48-50,53H,8-10,13-15,18-20,25-36H2,1-7H3,(H,65,78)(H,66,79)(H,69,81)(H,71,82)(H,74,80)(H,75,84)(H3,64,67,68,72,73)/t40-,44?,46+,48+,49+,50+,53-/m0/s1. The summed E-state index contributed by atoms with van der Waals surface area (Å²) in [7, 11) is 1.97. The lowest BCUT2D eigenvalue weighted by molar-refractivity contribution is -0.143. The van der Waals surface area contributed by atoms with Crippen LogP contribution in [0.5, 0.6) is 5.88 Å². The van der Waals surface area contributed by atoms with E-state index in [-0.39, 0.29) is 117 Å². The molecule has 89 heavy (non-hydrogen) atoms. The number of imidazole rings is 1. The van der Waals surface area contributed by atoms with Crippen molar-refractivity contribution in [3.63, 3.8) is 0 Å². The van der Waals surface area contributed by atoms with Gasteiger partial charge in [0, 0.05) is 63.0 Å². The third kappa shape index (κ3) is 20.4. The van der Waals surface area contributed by atoms with Gasteiger partial charge in [-0.1, -0.05) is 103 Å². The lowest BCUT2D eigenvalue weighted by Crippen LogP contribution is -2.58. The molecular weight excluding hydrogens is 1160 g/mol. The number of likely N-dealkylation sites (N-methyl/N-ethyl adjacent to an activating group) is 1. The van der Waals surface area contributed by atoms with Crippen LogP contribution in [0.25, 0.3) is 11.2 Å². The van der Waals surface area contributed by atoms with E-state index in [2.05, 4.69) is 70.8 Å². The van der Waals surface area contributed by atoms with E-state index in [0.29, 0.717) is 61.6 Å². The van der Waals surface area contributed by atoms with Crippen LogP contribution < -0.4 is 42.6 Å². The number of carbonyl (C=O) groups excluding carboxylic acids is 7. The molecule has 7 amide bonds. The average Bonchev–Trinajstić information content (AvgIpc) is 2.76. The van der Waals surface area contributed by atoms with Crippen LogP contribution in [-0.2, 0) is 57.8 Å². The highest BCUT2D eigenvalue weighted by Gasteiger charge is 2.39. The Bertz CT molecular complexity index is 3120. The minimum absolute atomic E-state index is 0.0272. The number of likely N-dealkylation sites (tertiary alicyclic amines) is 1. The van der Waals surface area contributed by atoms with E-state index in [9.17, 15) is 33.6 Å². The summed E-state index contributed by atoms with van der Waals surface area (Å²) in [5, 5.41) is 14.2. The topological polar surface area (TPSA) is 328 Å². The van der Waals surface area contributed by atoms with Crippen LogP contribution in [0.3, 0.4) is 0 Å². The fourth-order valence-electron chi connectivity index (χ4n) is 11.1. The van der Waals surface area contributed by atoms with Crippen molar-refractivity contribution in [2.45, 2.75) is 168 Å². The predicted molar refractivity (Wildman–Crippen MR) is 336 cm³/mol. The Morgan fingerprint density at radius 3 is 2.37 bits per heavy atom. The molecule has 7 atom stereocenters. The van der Waals surface area contributed by atoms with Crippen LogP contribution in [0.1, 0.15) is 162 Å². The Hall–Kier alpha value is -7.81. The highest BCUT2D eigenvalue weighted by atomic mass is 32.1. The first-order valence-electron chi connectivity index (χ1n) is 31.2. The van der Waals surface area contributed by atoms with Gasteiger partial charge in [0.05, 0.1) is 31.5 Å². The molecule has 9 N–H and O–H groups in total. The Morgan fingerprint density at radius 1 is 0.865 bits per heavy atom.